The van der Waals surface area contributed by atoms with Crippen molar-refractivity contribution >= 4 is 17.8 Å². The van der Waals surface area contributed by atoms with E-state index in [-0.39, 0.29) is 18.9 Å². The molecule has 0 bridgehead atoms. The smallest absolute Gasteiger partial charge is 0.323 e. The molecule has 6 nitrogen and oxygen atoms in total. The topological polar surface area (TPSA) is 94.9 Å². The van der Waals surface area contributed by atoms with Crippen LogP contribution in [0.3, 0.4) is 0 Å². The van der Waals surface area contributed by atoms with E-state index >= 15 is 0 Å². The van der Waals surface area contributed by atoms with Gasteiger partial charge in [-0.2, -0.15) is 0 Å². The quantitative estimate of drug-likeness (QED) is 0.708. The molecule has 0 unspecified atom stereocenters. The van der Waals surface area contributed by atoms with Crippen molar-refractivity contribution in [3.63, 3.8) is 0 Å². The highest BCUT2D eigenvalue weighted by atomic mass is 16.4. The number of aliphatic carboxylic acids is 2. The fraction of sp³-hybridized carbons (Fsp3) is 0.786. The molecule has 0 aromatic rings. The molecule has 0 spiro atoms. The third-order valence-electron chi connectivity index (χ3n) is 3.77. The molecule has 1 saturated carbocycles. The summed E-state index contributed by atoms with van der Waals surface area (Å²) >= 11 is 0. The lowest BCUT2D eigenvalue weighted by atomic mass is 9.86. The number of hydrogen-bond donors (Lipinski definition) is 2. The van der Waals surface area contributed by atoms with E-state index in [0.29, 0.717) is 12.3 Å². The summed E-state index contributed by atoms with van der Waals surface area (Å²) in [5.74, 6) is -1.83. The molecule has 1 amide bonds. The second kappa shape index (κ2) is 8.55. The SMILES string of the molecule is O=C(O)CCN(CC(=O)O)C(=O)CCC1CCCCC1. The van der Waals surface area contributed by atoms with E-state index in [2.05, 4.69) is 0 Å². The lowest BCUT2D eigenvalue weighted by Crippen LogP contribution is -2.37. The van der Waals surface area contributed by atoms with Crippen LogP contribution in [0.5, 0.6) is 0 Å². The van der Waals surface area contributed by atoms with Crippen LogP contribution in [0, 0.1) is 5.92 Å². The third-order valence-corrected chi connectivity index (χ3v) is 3.77. The second-order valence-corrected chi connectivity index (χ2v) is 5.40. The Morgan fingerprint density at radius 1 is 0.950 bits per heavy atom. The molecule has 114 valence electrons. The summed E-state index contributed by atoms with van der Waals surface area (Å²) in [4.78, 5) is 34.4. The van der Waals surface area contributed by atoms with Crippen LogP contribution in [0.2, 0.25) is 0 Å². The lowest BCUT2D eigenvalue weighted by molar-refractivity contribution is -0.146. The number of carboxylic acids is 2. The van der Waals surface area contributed by atoms with E-state index in [9.17, 15) is 14.4 Å². The maximum atomic E-state index is 12.0. The zero-order chi connectivity index (χ0) is 15.0. The number of amides is 1. The Kier molecular flexibility index (Phi) is 7.04. The zero-order valence-electron chi connectivity index (χ0n) is 11.7. The van der Waals surface area contributed by atoms with Crippen LogP contribution in [0.4, 0.5) is 0 Å². The second-order valence-electron chi connectivity index (χ2n) is 5.40. The molecule has 1 fully saturated rings. The minimum Gasteiger partial charge on any atom is -0.481 e. The van der Waals surface area contributed by atoms with E-state index in [0.717, 1.165) is 24.2 Å². The molecule has 0 heterocycles. The average molecular weight is 285 g/mol. The highest BCUT2D eigenvalue weighted by Gasteiger charge is 2.20. The first kappa shape index (κ1) is 16.5. The molecule has 0 saturated heterocycles. The molecule has 0 aliphatic heterocycles. The molecular formula is C14H23NO5. The average Bonchev–Trinajstić information content (AvgIpc) is 2.41. The van der Waals surface area contributed by atoms with Crippen LogP contribution < -0.4 is 0 Å². The summed E-state index contributed by atoms with van der Waals surface area (Å²) in [6.45, 7) is -0.456. The molecule has 20 heavy (non-hydrogen) atoms. The summed E-state index contributed by atoms with van der Waals surface area (Å²) < 4.78 is 0. The number of carbonyl (C=O) groups is 3. The van der Waals surface area contributed by atoms with Gasteiger partial charge in [-0.3, -0.25) is 14.4 Å². The molecule has 1 rings (SSSR count). The number of carboxylic acid groups (broad SMARTS) is 2. The van der Waals surface area contributed by atoms with Gasteiger partial charge in [0.05, 0.1) is 6.42 Å². The van der Waals surface area contributed by atoms with Gasteiger partial charge in [0.25, 0.3) is 0 Å². The van der Waals surface area contributed by atoms with Crippen LogP contribution in [-0.2, 0) is 14.4 Å². The standard InChI is InChI=1S/C14H23NO5/c16-12(7-6-11-4-2-1-3-5-11)15(10-14(19)20)9-8-13(17)18/h11H,1-10H2,(H,17,18)(H,19,20). The Bertz CT molecular complexity index is 349. The number of nitrogens with zero attached hydrogens (tertiary/aromatic N) is 1. The van der Waals surface area contributed by atoms with E-state index < -0.39 is 18.5 Å². The van der Waals surface area contributed by atoms with Gasteiger partial charge in [0.1, 0.15) is 6.54 Å². The van der Waals surface area contributed by atoms with Gasteiger partial charge in [-0.25, -0.2) is 0 Å². The van der Waals surface area contributed by atoms with E-state index in [4.69, 9.17) is 10.2 Å². The number of carbonyl (C=O) groups excluding carboxylic acids is 1. The molecule has 1 aliphatic carbocycles. The first-order valence-corrected chi connectivity index (χ1v) is 7.20. The molecule has 6 heteroatoms. The predicted octanol–water partition coefficient (Wildman–Crippen LogP) is 1.73. The summed E-state index contributed by atoms with van der Waals surface area (Å²) in [6, 6.07) is 0. The van der Waals surface area contributed by atoms with Crippen LogP contribution in [0.25, 0.3) is 0 Å². The van der Waals surface area contributed by atoms with Crippen molar-refractivity contribution in [2.75, 3.05) is 13.1 Å². The largest absolute Gasteiger partial charge is 0.481 e. The fourth-order valence-electron chi connectivity index (χ4n) is 2.65. The maximum absolute atomic E-state index is 12.0. The minimum atomic E-state index is -1.11. The highest BCUT2D eigenvalue weighted by Crippen LogP contribution is 2.27. The minimum absolute atomic E-state index is 0.0366. The van der Waals surface area contributed by atoms with E-state index in [1.165, 1.54) is 19.3 Å². The van der Waals surface area contributed by atoms with Gasteiger partial charge in [-0.15, -0.1) is 0 Å². The third kappa shape index (κ3) is 6.54. The Balaban J connectivity index is 2.40. The Hall–Kier alpha value is -1.59. The van der Waals surface area contributed by atoms with Gasteiger partial charge in [-0.1, -0.05) is 32.1 Å². The van der Waals surface area contributed by atoms with Crippen molar-refractivity contribution in [2.24, 2.45) is 5.92 Å². The van der Waals surface area contributed by atoms with Gasteiger partial charge in [0.15, 0.2) is 0 Å². The predicted molar refractivity (Wildman–Crippen MR) is 72.3 cm³/mol. The lowest BCUT2D eigenvalue weighted by Gasteiger charge is -2.24. The molecule has 0 radical (unpaired) electrons. The van der Waals surface area contributed by atoms with Gasteiger partial charge in [0, 0.05) is 13.0 Å². The molecule has 2 N–H and O–H groups in total. The maximum Gasteiger partial charge on any atom is 0.323 e. The first-order valence-electron chi connectivity index (χ1n) is 7.20. The Morgan fingerprint density at radius 2 is 1.60 bits per heavy atom. The van der Waals surface area contributed by atoms with Crippen LogP contribution >= 0.6 is 0 Å². The molecule has 0 aromatic heterocycles. The Morgan fingerprint density at radius 3 is 2.15 bits per heavy atom. The van der Waals surface area contributed by atoms with E-state index in [1.807, 2.05) is 0 Å². The number of hydrogen-bond acceptors (Lipinski definition) is 3. The zero-order valence-corrected chi connectivity index (χ0v) is 11.7. The van der Waals surface area contributed by atoms with Crippen molar-refractivity contribution in [3.8, 4) is 0 Å². The van der Waals surface area contributed by atoms with Crippen molar-refractivity contribution in [1.82, 2.24) is 4.90 Å². The molecule has 0 aromatic carbocycles. The van der Waals surface area contributed by atoms with Crippen LogP contribution in [0.15, 0.2) is 0 Å². The first-order chi connectivity index (χ1) is 9.49. The van der Waals surface area contributed by atoms with Gasteiger partial charge in [0.2, 0.25) is 5.91 Å². The normalized spacial score (nSPS) is 15.8. The molecule has 0 atom stereocenters. The van der Waals surface area contributed by atoms with Gasteiger partial charge >= 0.3 is 11.9 Å². The monoisotopic (exact) mass is 285 g/mol. The van der Waals surface area contributed by atoms with Gasteiger partial charge in [-0.05, 0) is 12.3 Å². The van der Waals surface area contributed by atoms with Crippen LogP contribution in [-0.4, -0.2) is 46.0 Å². The number of rotatable bonds is 8. The highest BCUT2D eigenvalue weighted by molar-refractivity contribution is 5.81. The summed E-state index contributed by atoms with van der Waals surface area (Å²) in [5.41, 5.74) is 0. The molecular weight excluding hydrogens is 262 g/mol. The summed E-state index contributed by atoms with van der Waals surface area (Å²) in [6.07, 6.45) is 6.83. The Labute approximate surface area is 118 Å². The van der Waals surface area contributed by atoms with Gasteiger partial charge < -0.3 is 15.1 Å². The van der Waals surface area contributed by atoms with Crippen molar-refractivity contribution in [1.29, 1.82) is 0 Å². The summed E-state index contributed by atoms with van der Waals surface area (Å²) in [7, 11) is 0. The molecule has 1 aliphatic rings. The van der Waals surface area contributed by atoms with Crippen LogP contribution in [0.1, 0.15) is 51.4 Å². The van der Waals surface area contributed by atoms with Crippen molar-refractivity contribution < 1.29 is 24.6 Å². The van der Waals surface area contributed by atoms with E-state index in [1.54, 1.807) is 0 Å². The van der Waals surface area contributed by atoms with Crippen molar-refractivity contribution in [2.45, 2.75) is 51.4 Å². The fourth-order valence-corrected chi connectivity index (χ4v) is 2.65. The van der Waals surface area contributed by atoms with Crippen molar-refractivity contribution in [3.05, 3.63) is 0 Å². The summed E-state index contributed by atoms with van der Waals surface area (Å²) in [5, 5.41) is 17.4.